The monoisotopic (exact) mass is 207 g/mol. The normalized spacial score (nSPS) is 30.7. The van der Waals surface area contributed by atoms with Crippen molar-refractivity contribution in [1.29, 1.82) is 0 Å². The summed E-state index contributed by atoms with van der Waals surface area (Å²) >= 11 is 0. The van der Waals surface area contributed by atoms with E-state index in [-0.39, 0.29) is 11.9 Å². The fourth-order valence-electron chi connectivity index (χ4n) is 2.50. The molecule has 0 radical (unpaired) electrons. The predicted molar refractivity (Wildman–Crippen MR) is 56.4 cm³/mol. The highest BCUT2D eigenvalue weighted by Gasteiger charge is 2.35. The molecule has 0 aromatic heterocycles. The molecular formula is C11H17N3O. The number of rotatable bonds is 2. The Morgan fingerprint density at radius 1 is 1.33 bits per heavy atom. The van der Waals surface area contributed by atoms with Crippen molar-refractivity contribution in [3.8, 4) is 0 Å². The molecule has 1 N–H and O–H groups in total. The van der Waals surface area contributed by atoms with Crippen LogP contribution in [-0.2, 0) is 4.79 Å². The molecule has 2 fully saturated rings. The van der Waals surface area contributed by atoms with E-state index >= 15 is 0 Å². The molecule has 1 atom stereocenters. The lowest BCUT2D eigenvalue weighted by Gasteiger charge is -2.36. The molecule has 15 heavy (non-hydrogen) atoms. The average molecular weight is 207 g/mol. The summed E-state index contributed by atoms with van der Waals surface area (Å²) in [5.74, 6) is 1.02. The topological polar surface area (TPSA) is 35.6 Å². The molecule has 0 spiro atoms. The first kappa shape index (κ1) is 9.21. The second-order valence-electron chi connectivity index (χ2n) is 4.71. The quantitative estimate of drug-likeness (QED) is 0.723. The molecule has 0 aromatic rings. The largest absolute Gasteiger partial charge is 0.315 e. The van der Waals surface area contributed by atoms with Gasteiger partial charge in [0.1, 0.15) is 6.04 Å². The molecule has 1 saturated carbocycles. The first-order valence-electron chi connectivity index (χ1n) is 5.85. The second-order valence-corrected chi connectivity index (χ2v) is 4.71. The van der Waals surface area contributed by atoms with E-state index in [0.717, 1.165) is 25.4 Å². The van der Waals surface area contributed by atoms with Gasteiger partial charge in [0.05, 0.1) is 0 Å². The molecule has 1 amide bonds. The van der Waals surface area contributed by atoms with Crippen molar-refractivity contribution in [1.82, 2.24) is 15.3 Å². The van der Waals surface area contributed by atoms with Crippen LogP contribution in [0.4, 0.5) is 0 Å². The van der Waals surface area contributed by atoms with Gasteiger partial charge in [-0.1, -0.05) is 6.42 Å². The van der Waals surface area contributed by atoms with E-state index in [1.54, 1.807) is 0 Å². The third kappa shape index (κ3) is 1.53. The zero-order valence-corrected chi connectivity index (χ0v) is 8.85. The Bertz CT molecular complexity index is 298. The van der Waals surface area contributed by atoms with Crippen molar-refractivity contribution in [2.75, 3.05) is 13.1 Å². The van der Waals surface area contributed by atoms with Crippen LogP contribution in [-0.4, -0.2) is 34.9 Å². The fourth-order valence-corrected chi connectivity index (χ4v) is 2.50. The summed E-state index contributed by atoms with van der Waals surface area (Å²) in [6, 6.07) is 0.0510. The van der Waals surface area contributed by atoms with Crippen LogP contribution in [0.3, 0.4) is 0 Å². The highest BCUT2D eigenvalue weighted by molar-refractivity contribution is 5.84. The van der Waals surface area contributed by atoms with E-state index in [1.165, 1.54) is 19.3 Å². The zero-order valence-electron chi connectivity index (χ0n) is 8.85. The van der Waals surface area contributed by atoms with E-state index in [1.807, 2.05) is 22.3 Å². The SMILES string of the molecule is O=C1C2CCNN2C=CN1CC1CCC1. The van der Waals surface area contributed by atoms with Crippen LogP contribution in [0.1, 0.15) is 25.7 Å². The zero-order chi connectivity index (χ0) is 10.3. The minimum atomic E-state index is 0.0510. The average Bonchev–Trinajstić information content (AvgIpc) is 2.62. The first-order chi connectivity index (χ1) is 7.34. The van der Waals surface area contributed by atoms with Crippen molar-refractivity contribution in [2.45, 2.75) is 31.7 Å². The Labute approximate surface area is 89.9 Å². The van der Waals surface area contributed by atoms with Crippen molar-refractivity contribution in [2.24, 2.45) is 5.92 Å². The van der Waals surface area contributed by atoms with E-state index in [4.69, 9.17) is 0 Å². The molecule has 3 rings (SSSR count). The molecular weight excluding hydrogens is 190 g/mol. The van der Waals surface area contributed by atoms with Crippen molar-refractivity contribution in [3.63, 3.8) is 0 Å². The number of nitrogens with zero attached hydrogens (tertiary/aromatic N) is 2. The maximum absolute atomic E-state index is 12.1. The molecule has 0 aromatic carbocycles. The summed E-state index contributed by atoms with van der Waals surface area (Å²) in [6.45, 7) is 1.84. The van der Waals surface area contributed by atoms with E-state index < -0.39 is 0 Å². The van der Waals surface area contributed by atoms with Crippen LogP contribution in [0.15, 0.2) is 12.4 Å². The van der Waals surface area contributed by atoms with Gasteiger partial charge in [-0.2, -0.15) is 0 Å². The number of nitrogens with one attached hydrogen (secondary N) is 1. The molecule has 0 bridgehead atoms. The standard InChI is InChI=1S/C11H17N3O/c15-11-10-4-5-12-14(10)7-6-13(11)8-9-2-1-3-9/h6-7,9-10,12H,1-5,8H2. The van der Waals surface area contributed by atoms with Crippen molar-refractivity contribution in [3.05, 3.63) is 12.4 Å². The van der Waals surface area contributed by atoms with Crippen LogP contribution in [0.25, 0.3) is 0 Å². The number of amides is 1. The predicted octanol–water partition coefficient (Wildman–Crippen LogP) is 0.679. The van der Waals surface area contributed by atoms with Gasteiger partial charge in [0, 0.05) is 25.5 Å². The lowest BCUT2D eigenvalue weighted by atomic mass is 9.85. The summed E-state index contributed by atoms with van der Waals surface area (Å²) in [4.78, 5) is 14.0. The third-order valence-corrected chi connectivity index (χ3v) is 3.70. The van der Waals surface area contributed by atoms with Crippen LogP contribution < -0.4 is 5.43 Å². The summed E-state index contributed by atoms with van der Waals surface area (Å²) < 4.78 is 0. The summed E-state index contributed by atoms with van der Waals surface area (Å²) in [5, 5.41) is 1.94. The van der Waals surface area contributed by atoms with Crippen LogP contribution >= 0.6 is 0 Å². The molecule has 3 aliphatic rings. The van der Waals surface area contributed by atoms with E-state index in [9.17, 15) is 4.79 Å². The molecule has 4 heteroatoms. The maximum atomic E-state index is 12.1. The van der Waals surface area contributed by atoms with Crippen LogP contribution in [0.5, 0.6) is 0 Å². The summed E-state index contributed by atoms with van der Waals surface area (Å²) in [5.41, 5.74) is 3.19. The van der Waals surface area contributed by atoms with Crippen molar-refractivity contribution < 1.29 is 4.79 Å². The van der Waals surface area contributed by atoms with Gasteiger partial charge in [-0.15, -0.1) is 0 Å². The van der Waals surface area contributed by atoms with Gasteiger partial charge in [-0.3, -0.25) is 4.79 Å². The summed E-state index contributed by atoms with van der Waals surface area (Å²) in [7, 11) is 0. The third-order valence-electron chi connectivity index (χ3n) is 3.70. The highest BCUT2D eigenvalue weighted by atomic mass is 16.2. The van der Waals surface area contributed by atoms with Crippen LogP contribution in [0.2, 0.25) is 0 Å². The molecule has 2 aliphatic heterocycles. The molecule has 1 aliphatic carbocycles. The Balaban J connectivity index is 1.68. The van der Waals surface area contributed by atoms with Gasteiger partial charge in [-0.25, -0.2) is 5.43 Å². The number of hydrogen-bond acceptors (Lipinski definition) is 3. The van der Waals surface area contributed by atoms with Gasteiger partial charge in [0.25, 0.3) is 5.91 Å². The Kier molecular flexibility index (Phi) is 2.16. The lowest BCUT2D eigenvalue weighted by molar-refractivity contribution is -0.135. The van der Waals surface area contributed by atoms with Crippen molar-refractivity contribution >= 4 is 5.91 Å². The summed E-state index contributed by atoms with van der Waals surface area (Å²) in [6.07, 6.45) is 8.79. The minimum absolute atomic E-state index is 0.0510. The van der Waals surface area contributed by atoms with Gasteiger partial charge in [0.2, 0.25) is 0 Å². The second kappa shape index (κ2) is 3.52. The number of carbonyl (C=O) groups excluding carboxylic acids is 1. The van der Waals surface area contributed by atoms with E-state index in [2.05, 4.69) is 5.43 Å². The van der Waals surface area contributed by atoms with E-state index in [0.29, 0.717) is 0 Å². The Morgan fingerprint density at radius 2 is 2.20 bits per heavy atom. The molecule has 2 heterocycles. The highest BCUT2D eigenvalue weighted by Crippen LogP contribution is 2.28. The van der Waals surface area contributed by atoms with Gasteiger partial charge in [-0.05, 0) is 25.2 Å². The Morgan fingerprint density at radius 3 is 2.93 bits per heavy atom. The number of fused-ring (bicyclic) bond motifs is 1. The number of hydrazine groups is 1. The first-order valence-corrected chi connectivity index (χ1v) is 5.85. The molecule has 1 unspecified atom stereocenters. The van der Waals surface area contributed by atoms with Crippen LogP contribution in [0, 0.1) is 5.92 Å². The number of carbonyl (C=O) groups is 1. The Hall–Kier alpha value is -1.03. The lowest BCUT2D eigenvalue weighted by Crippen LogP contribution is -2.49. The fraction of sp³-hybridized carbons (Fsp3) is 0.727. The van der Waals surface area contributed by atoms with Gasteiger partial charge < -0.3 is 9.91 Å². The maximum Gasteiger partial charge on any atom is 0.250 e. The van der Waals surface area contributed by atoms with Gasteiger partial charge in [0.15, 0.2) is 0 Å². The molecule has 4 nitrogen and oxygen atoms in total. The molecule has 82 valence electrons. The minimum Gasteiger partial charge on any atom is -0.315 e. The smallest absolute Gasteiger partial charge is 0.250 e. The molecule has 1 saturated heterocycles. The van der Waals surface area contributed by atoms with Gasteiger partial charge >= 0.3 is 0 Å². The number of hydrogen-bond donors (Lipinski definition) is 1.